The van der Waals surface area contributed by atoms with Gasteiger partial charge >= 0.3 is 5.97 Å². The highest BCUT2D eigenvalue weighted by Gasteiger charge is 2.26. The van der Waals surface area contributed by atoms with E-state index in [0.717, 1.165) is 36.2 Å². The molecule has 0 unspecified atom stereocenters. The molecule has 0 aliphatic carbocycles. The molecule has 242 valence electrons. The molecule has 0 radical (unpaired) electrons. The largest absolute Gasteiger partial charge is 0.465 e. The summed E-state index contributed by atoms with van der Waals surface area (Å²) in [6.07, 6.45) is 4.18. The highest BCUT2D eigenvalue weighted by atomic mass is 32.2. The van der Waals surface area contributed by atoms with Crippen molar-refractivity contribution >= 4 is 50.6 Å². The number of anilines is 1. The maximum atomic E-state index is 13.9. The first-order chi connectivity index (χ1) is 22.5. The van der Waals surface area contributed by atoms with Gasteiger partial charge in [-0.15, -0.1) is 11.3 Å². The third-order valence-corrected chi connectivity index (χ3v) is 10.9. The smallest absolute Gasteiger partial charge is 0.337 e. The molecule has 3 aromatic carbocycles. The SMILES string of the molecule is COC(=O)c1ccc(/C=c2\s/c(=C(/C#N)C(=O)Nc3cccc(S(=O)(=O)N4CCCCC4)c3)n(-c3ccc(C(C)C)cc3)c2=O)cc1. The van der Waals surface area contributed by atoms with E-state index in [4.69, 9.17) is 4.74 Å². The van der Waals surface area contributed by atoms with Crippen molar-refractivity contribution in [3.05, 3.63) is 109 Å². The predicted octanol–water partition coefficient (Wildman–Crippen LogP) is 4.13. The van der Waals surface area contributed by atoms with Gasteiger partial charge in [0, 0.05) is 18.8 Å². The number of sulfonamides is 1. The van der Waals surface area contributed by atoms with Crippen molar-refractivity contribution in [1.29, 1.82) is 5.26 Å². The molecule has 1 aliphatic rings. The van der Waals surface area contributed by atoms with Crippen molar-refractivity contribution < 1.29 is 22.7 Å². The maximum absolute atomic E-state index is 13.9. The number of esters is 1. The zero-order chi connectivity index (χ0) is 33.7. The number of benzene rings is 3. The third kappa shape index (κ3) is 7.28. The Bertz CT molecular complexity index is 2140. The summed E-state index contributed by atoms with van der Waals surface area (Å²) in [6, 6.07) is 21.7. The van der Waals surface area contributed by atoms with Crippen molar-refractivity contribution in [1.82, 2.24) is 8.87 Å². The van der Waals surface area contributed by atoms with E-state index in [-0.39, 0.29) is 31.3 Å². The Labute approximate surface area is 276 Å². The van der Waals surface area contributed by atoms with Gasteiger partial charge in [0.1, 0.15) is 10.7 Å². The molecule has 0 spiro atoms. The van der Waals surface area contributed by atoms with Gasteiger partial charge < -0.3 is 10.1 Å². The van der Waals surface area contributed by atoms with E-state index >= 15 is 0 Å². The summed E-state index contributed by atoms with van der Waals surface area (Å²) in [5.74, 6) is -1.03. The first kappa shape index (κ1) is 33.5. The Morgan fingerprint density at radius 1 is 1.00 bits per heavy atom. The van der Waals surface area contributed by atoms with Gasteiger partial charge in [0.2, 0.25) is 10.0 Å². The summed E-state index contributed by atoms with van der Waals surface area (Å²) in [5, 5.41) is 12.9. The summed E-state index contributed by atoms with van der Waals surface area (Å²) in [5.41, 5.74) is 1.95. The number of aromatic nitrogens is 1. The van der Waals surface area contributed by atoms with E-state index in [2.05, 4.69) is 19.2 Å². The number of nitrogens with one attached hydrogen (secondary N) is 1. The van der Waals surface area contributed by atoms with Crippen LogP contribution in [0.2, 0.25) is 0 Å². The van der Waals surface area contributed by atoms with Crippen molar-refractivity contribution in [2.75, 3.05) is 25.5 Å². The number of nitriles is 1. The molecule has 1 amide bonds. The van der Waals surface area contributed by atoms with Crippen LogP contribution in [0.3, 0.4) is 0 Å². The second-order valence-electron chi connectivity index (χ2n) is 11.3. The van der Waals surface area contributed by atoms with Gasteiger partial charge in [-0.1, -0.05) is 50.6 Å². The fourth-order valence-electron chi connectivity index (χ4n) is 5.26. The lowest BCUT2D eigenvalue weighted by atomic mass is 10.0. The van der Waals surface area contributed by atoms with Gasteiger partial charge in [0.25, 0.3) is 11.5 Å². The Morgan fingerprint density at radius 3 is 2.30 bits per heavy atom. The lowest BCUT2D eigenvalue weighted by Gasteiger charge is -2.26. The van der Waals surface area contributed by atoms with Crippen LogP contribution in [0.4, 0.5) is 5.69 Å². The van der Waals surface area contributed by atoms with Gasteiger partial charge in [-0.3, -0.25) is 14.2 Å². The molecule has 1 fully saturated rings. The highest BCUT2D eigenvalue weighted by molar-refractivity contribution is 7.89. The molecule has 5 rings (SSSR count). The molecular weight excluding hydrogens is 637 g/mol. The number of hydrogen-bond acceptors (Lipinski definition) is 8. The molecule has 1 saturated heterocycles. The monoisotopic (exact) mass is 670 g/mol. The molecule has 0 bridgehead atoms. The fraction of sp³-hybridized carbons (Fsp3) is 0.257. The van der Waals surface area contributed by atoms with E-state index in [1.807, 2.05) is 18.2 Å². The molecule has 1 aromatic heterocycles. The van der Waals surface area contributed by atoms with Crippen LogP contribution in [-0.4, -0.2) is 49.4 Å². The van der Waals surface area contributed by atoms with E-state index in [9.17, 15) is 28.1 Å². The van der Waals surface area contributed by atoms with Crippen molar-refractivity contribution in [3.8, 4) is 11.8 Å². The van der Waals surface area contributed by atoms with Crippen molar-refractivity contribution in [3.63, 3.8) is 0 Å². The normalized spacial score (nSPS) is 14.8. The molecule has 1 aliphatic heterocycles. The van der Waals surface area contributed by atoms with Gasteiger partial charge in [0.05, 0.1) is 27.8 Å². The molecule has 12 heteroatoms. The molecule has 1 N–H and O–H groups in total. The van der Waals surface area contributed by atoms with E-state index < -0.39 is 27.5 Å². The Morgan fingerprint density at radius 2 is 1.68 bits per heavy atom. The Balaban J connectivity index is 1.60. The molecule has 47 heavy (non-hydrogen) atoms. The second-order valence-corrected chi connectivity index (χ2v) is 14.3. The minimum Gasteiger partial charge on any atom is -0.465 e. The van der Waals surface area contributed by atoms with Gasteiger partial charge in [0.15, 0.2) is 5.57 Å². The van der Waals surface area contributed by atoms with Crippen LogP contribution in [-0.2, 0) is 19.6 Å². The lowest BCUT2D eigenvalue weighted by Crippen LogP contribution is -2.35. The quantitative estimate of drug-likeness (QED) is 0.278. The average Bonchev–Trinajstić information content (AvgIpc) is 3.40. The minimum atomic E-state index is -3.75. The zero-order valence-electron chi connectivity index (χ0n) is 26.2. The summed E-state index contributed by atoms with van der Waals surface area (Å²) in [6.45, 7) is 4.98. The molecule has 4 aromatic rings. The second kappa shape index (κ2) is 14.3. The van der Waals surface area contributed by atoms with Crippen LogP contribution in [0, 0.1) is 11.3 Å². The number of thiazole rings is 1. The summed E-state index contributed by atoms with van der Waals surface area (Å²) >= 11 is 0.979. The van der Waals surface area contributed by atoms with Crippen molar-refractivity contribution in [2.24, 2.45) is 0 Å². The molecule has 2 heterocycles. The number of ether oxygens (including phenoxy) is 1. The number of nitrogens with zero attached hydrogens (tertiary/aromatic N) is 3. The number of amides is 1. The fourth-order valence-corrected chi connectivity index (χ4v) is 7.92. The van der Waals surface area contributed by atoms with E-state index in [1.165, 1.54) is 34.2 Å². The van der Waals surface area contributed by atoms with Crippen LogP contribution >= 0.6 is 11.3 Å². The first-order valence-corrected chi connectivity index (χ1v) is 17.4. The van der Waals surface area contributed by atoms with Crippen molar-refractivity contribution in [2.45, 2.75) is 43.9 Å². The lowest BCUT2D eigenvalue weighted by molar-refractivity contribution is -0.111. The predicted molar refractivity (Wildman–Crippen MR) is 181 cm³/mol. The number of piperidine rings is 1. The van der Waals surface area contributed by atoms with Crippen LogP contribution in [0.25, 0.3) is 17.3 Å². The van der Waals surface area contributed by atoms with Crippen LogP contribution in [0.1, 0.15) is 60.5 Å². The highest BCUT2D eigenvalue weighted by Crippen LogP contribution is 2.23. The number of methoxy groups -OCH3 is 1. The maximum Gasteiger partial charge on any atom is 0.337 e. The Kier molecular flexibility index (Phi) is 10.2. The summed E-state index contributed by atoms with van der Waals surface area (Å²) < 4.78 is 34.4. The number of carbonyl (C=O) groups excluding carboxylic acids is 2. The number of rotatable bonds is 8. The van der Waals surface area contributed by atoms with Crippen LogP contribution < -0.4 is 20.1 Å². The van der Waals surface area contributed by atoms with E-state index in [1.54, 1.807) is 48.5 Å². The topological polar surface area (TPSA) is 139 Å². The standard InChI is InChI=1S/C35H34N4O6S2/c1-23(2)25-14-16-28(17-15-25)39-33(41)31(20-24-10-12-26(13-11-24)35(42)45-3)46-34(39)30(22-36)32(40)37-27-8-7-9-29(21-27)47(43,44)38-18-5-4-6-19-38/h7-17,20-21,23H,4-6,18-19H2,1-3H3,(H,37,40)/b31-20-,34-30-. The van der Waals surface area contributed by atoms with Crippen LogP contribution in [0.5, 0.6) is 0 Å². The summed E-state index contributed by atoms with van der Waals surface area (Å²) in [7, 11) is -2.46. The van der Waals surface area contributed by atoms with Crippen LogP contribution in [0.15, 0.2) is 82.5 Å². The van der Waals surface area contributed by atoms with E-state index in [0.29, 0.717) is 29.9 Å². The third-order valence-electron chi connectivity index (χ3n) is 7.87. The molecule has 0 atom stereocenters. The number of carbonyl (C=O) groups is 2. The number of hydrogen-bond donors (Lipinski definition) is 1. The van der Waals surface area contributed by atoms with Gasteiger partial charge in [-0.05, 0) is 78.4 Å². The zero-order valence-corrected chi connectivity index (χ0v) is 27.9. The van der Waals surface area contributed by atoms with Gasteiger partial charge in [-0.2, -0.15) is 9.57 Å². The first-order valence-electron chi connectivity index (χ1n) is 15.1. The molecular formula is C35H34N4O6S2. The average molecular weight is 671 g/mol. The Hall–Kier alpha value is -4.83. The van der Waals surface area contributed by atoms with Gasteiger partial charge in [-0.25, -0.2) is 13.2 Å². The minimum absolute atomic E-state index is 0.0455. The molecule has 10 nitrogen and oxygen atoms in total. The summed E-state index contributed by atoms with van der Waals surface area (Å²) in [4.78, 5) is 39.4. The molecule has 0 saturated carbocycles.